The summed E-state index contributed by atoms with van der Waals surface area (Å²) in [5.41, 5.74) is 0. The molecule has 0 radical (unpaired) electrons. The predicted octanol–water partition coefficient (Wildman–Crippen LogP) is 8.19. The van der Waals surface area contributed by atoms with Gasteiger partial charge in [0, 0.05) is 25.7 Å². The van der Waals surface area contributed by atoms with Crippen LogP contribution in [0.15, 0.2) is 0 Å². The van der Waals surface area contributed by atoms with E-state index in [0.717, 1.165) is 89.9 Å². The third-order valence-corrected chi connectivity index (χ3v) is 10.5. The normalized spacial score (nSPS) is 15.1. The molecular weight excluding hydrogens is 802 g/mol. The van der Waals surface area contributed by atoms with E-state index < -0.39 is 97.5 Å². The molecule has 2 unspecified atom stereocenters. The molecule has 0 spiro atoms. The maximum atomic E-state index is 12.6. The van der Waals surface area contributed by atoms with Gasteiger partial charge in [0.2, 0.25) is 0 Å². The molecule has 5 atom stereocenters. The number of hydrogen-bond donors (Lipinski definition) is 3. The molecule has 19 heteroatoms. The molecule has 0 saturated heterocycles. The van der Waals surface area contributed by atoms with Gasteiger partial charge in [0.15, 0.2) is 12.2 Å². The lowest BCUT2D eigenvalue weighted by atomic mass is 10.1. The minimum Gasteiger partial charge on any atom is -0.462 e. The summed E-state index contributed by atoms with van der Waals surface area (Å²) in [4.78, 5) is 69.7. The van der Waals surface area contributed by atoms with Crippen molar-refractivity contribution >= 4 is 39.5 Å². The predicted molar refractivity (Wildman–Crippen MR) is 215 cm³/mol. The van der Waals surface area contributed by atoms with Crippen LogP contribution >= 0.6 is 15.6 Å². The minimum atomic E-state index is -4.90. The first kappa shape index (κ1) is 56.1. The van der Waals surface area contributed by atoms with Crippen molar-refractivity contribution in [1.29, 1.82) is 0 Å². The van der Waals surface area contributed by atoms with Crippen molar-refractivity contribution < 1.29 is 80.2 Å². The van der Waals surface area contributed by atoms with E-state index in [1.165, 1.54) is 0 Å². The van der Waals surface area contributed by atoms with E-state index in [1.807, 2.05) is 20.8 Å². The SMILES string of the molecule is CCCCCCCCCC(=O)O[C@H](COC(=O)CCCCCC)COP(=O)(O)OC[C@H](O)COP(=O)(O)OC[C@@H](COC(=O)CCCCCC)OC(=O)CCCCC. The maximum Gasteiger partial charge on any atom is 0.472 e. The Balaban J connectivity index is 5.06. The van der Waals surface area contributed by atoms with Crippen LogP contribution in [0.2, 0.25) is 0 Å². The second-order valence-corrected chi connectivity index (χ2v) is 17.2. The summed E-state index contributed by atoms with van der Waals surface area (Å²) in [7, 11) is -9.79. The summed E-state index contributed by atoms with van der Waals surface area (Å²) < 4.78 is 65.8. The van der Waals surface area contributed by atoms with Crippen molar-refractivity contribution in [2.24, 2.45) is 0 Å². The molecule has 17 nitrogen and oxygen atoms in total. The number of rotatable bonds is 40. The molecule has 58 heavy (non-hydrogen) atoms. The zero-order valence-corrected chi connectivity index (χ0v) is 37.3. The van der Waals surface area contributed by atoms with Crippen molar-refractivity contribution in [3.8, 4) is 0 Å². The molecule has 0 bridgehead atoms. The number of phosphoric acid groups is 2. The number of aliphatic hydroxyl groups is 1. The second kappa shape index (κ2) is 35.8. The quantitative estimate of drug-likeness (QED) is 0.0228. The van der Waals surface area contributed by atoms with E-state index >= 15 is 0 Å². The van der Waals surface area contributed by atoms with Gasteiger partial charge in [-0.1, -0.05) is 118 Å². The van der Waals surface area contributed by atoms with E-state index in [2.05, 4.69) is 6.92 Å². The molecule has 0 aromatic rings. The van der Waals surface area contributed by atoms with Crippen molar-refractivity contribution in [2.45, 2.75) is 187 Å². The third kappa shape index (κ3) is 34.9. The van der Waals surface area contributed by atoms with E-state index in [9.17, 15) is 43.2 Å². The monoisotopic (exact) mass is 876 g/mol. The second-order valence-electron chi connectivity index (χ2n) is 14.3. The standard InChI is InChI=1S/C39H74O17P2/c1-5-9-13-16-17-18-22-26-39(44)56-35(30-50-37(42)24-21-15-11-7-3)32-54-58(47,48)52-28-33(40)27-51-57(45,46)53-31-34(55-38(43)25-19-12-8-4)29-49-36(41)23-20-14-10-6-2/h33-35,40H,5-32H2,1-4H3,(H,45,46)(H,47,48)/t33-,34-,35-/m1/s1. The summed E-state index contributed by atoms with van der Waals surface area (Å²) in [6.45, 7) is 4.20. The van der Waals surface area contributed by atoms with Crippen molar-refractivity contribution in [3.63, 3.8) is 0 Å². The number of unbranched alkanes of at least 4 members (excludes halogenated alkanes) is 14. The lowest BCUT2D eigenvalue weighted by Crippen LogP contribution is -2.30. The lowest BCUT2D eigenvalue weighted by molar-refractivity contribution is -0.161. The molecule has 0 aliphatic carbocycles. The lowest BCUT2D eigenvalue weighted by Gasteiger charge is -2.21. The first-order valence-electron chi connectivity index (χ1n) is 21.3. The van der Waals surface area contributed by atoms with Crippen LogP contribution in [0, 0.1) is 0 Å². The van der Waals surface area contributed by atoms with Crippen LogP contribution in [-0.4, -0.2) is 96.7 Å². The maximum absolute atomic E-state index is 12.6. The fraction of sp³-hybridized carbons (Fsp3) is 0.897. The van der Waals surface area contributed by atoms with Crippen LogP contribution in [0.3, 0.4) is 0 Å². The third-order valence-electron chi connectivity index (χ3n) is 8.60. The zero-order valence-electron chi connectivity index (χ0n) is 35.5. The van der Waals surface area contributed by atoms with Gasteiger partial charge in [-0.15, -0.1) is 0 Å². The van der Waals surface area contributed by atoms with E-state index in [4.69, 9.17) is 37.0 Å². The van der Waals surface area contributed by atoms with Gasteiger partial charge in [-0.2, -0.15) is 0 Å². The molecule has 0 rings (SSSR count). The molecular formula is C39H74O17P2. The molecule has 3 N–H and O–H groups in total. The van der Waals surface area contributed by atoms with Crippen LogP contribution in [0.5, 0.6) is 0 Å². The molecule has 0 fully saturated rings. The van der Waals surface area contributed by atoms with Crippen LogP contribution in [-0.2, 0) is 65.4 Å². The Morgan fingerprint density at radius 1 is 0.414 bits per heavy atom. The number of phosphoric ester groups is 2. The molecule has 0 saturated carbocycles. The Bertz CT molecular complexity index is 1190. The van der Waals surface area contributed by atoms with Crippen LogP contribution in [0.4, 0.5) is 0 Å². The first-order valence-corrected chi connectivity index (χ1v) is 24.3. The number of aliphatic hydroxyl groups excluding tert-OH is 1. The van der Waals surface area contributed by atoms with Crippen molar-refractivity contribution in [1.82, 2.24) is 0 Å². The first-order chi connectivity index (χ1) is 27.7. The molecule has 342 valence electrons. The van der Waals surface area contributed by atoms with E-state index in [0.29, 0.717) is 25.7 Å². The minimum absolute atomic E-state index is 0.0883. The van der Waals surface area contributed by atoms with Gasteiger partial charge in [0.25, 0.3) is 0 Å². The zero-order chi connectivity index (χ0) is 43.5. The Morgan fingerprint density at radius 2 is 0.690 bits per heavy atom. The molecule has 0 aliphatic rings. The highest BCUT2D eigenvalue weighted by Gasteiger charge is 2.30. The summed E-state index contributed by atoms with van der Waals surface area (Å²) in [6, 6.07) is 0. The van der Waals surface area contributed by atoms with Gasteiger partial charge in [-0.3, -0.25) is 37.3 Å². The Morgan fingerprint density at radius 3 is 1.07 bits per heavy atom. The fourth-order valence-corrected chi connectivity index (χ4v) is 6.79. The fourth-order valence-electron chi connectivity index (χ4n) is 5.21. The van der Waals surface area contributed by atoms with Gasteiger partial charge in [-0.25, -0.2) is 9.13 Å². The number of hydrogen-bond acceptors (Lipinski definition) is 15. The number of ether oxygens (including phenoxy) is 4. The Kier molecular flexibility index (Phi) is 34.6. The molecule has 0 heterocycles. The van der Waals surface area contributed by atoms with E-state index in [1.54, 1.807) is 0 Å². The summed E-state index contributed by atoms with van der Waals surface area (Å²) in [5, 5.41) is 10.3. The van der Waals surface area contributed by atoms with Crippen LogP contribution in [0.25, 0.3) is 0 Å². The van der Waals surface area contributed by atoms with Crippen molar-refractivity contribution in [3.05, 3.63) is 0 Å². The van der Waals surface area contributed by atoms with Crippen LogP contribution in [0.1, 0.15) is 169 Å². The Labute approximate surface area is 346 Å². The van der Waals surface area contributed by atoms with Crippen LogP contribution < -0.4 is 0 Å². The topological polar surface area (TPSA) is 237 Å². The van der Waals surface area contributed by atoms with Gasteiger partial charge in [0.1, 0.15) is 19.3 Å². The average Bonchev–Trinajstić information content (AvgIpc) is 3.18. The largest absolute Gasteiger partial charge is 0.472 e. The molecule has 0 aliphatic heterocycles. The smallest absolute Gasteiger partial charge is 0.462 e. The Hall–Kier alpha value is -1.94. The van der Waals surface area contributed by atoms with E-state index in [-0.39, 0.29) is 25.7 Å². The number of carbonyl (C=O) groups excluding carboxylic acids is 4. The van der Waals surface area contributed by atoms with Gasteiger partial charge < -0.3 is 33.8 Å². The highest BCUT2D eigenvalue weighted by molar-refractivity contribution is 7.47. The number of esters is 4. The van der Waals surface area contributed by atoms with Gasteiger partial charge in [0.05, 0.1) is 26.4 Å². The average molecular weight is 877 g/mol. The highest BCUT2D eigenvalue weighted by Crippen LogP contribution is 2.45. The summed E-state index contributed by atoms with van der Waals surface area (Å²) >= 11 is 0. The van der Waals surface area contributed by atoms with Gasteiger partial charge >= 0.3 is 39.5 Å². The number of carbonyl (C=O) groups is 4. The van der Waals surface area contributed by atoms with Crippen molar-refractivity contribution in [2.75, 3.05) is 39.6 Å². The summed E-state index contributed by atoms with van der Waals surface area (Å²) in [5.74, 6) is -2.23. The molecule has 0 aromatic heterocycles. The molecule has 0 amide bonds. The highest BCUT2D eigenvalue weighted by atomic mass is 31.2. The van der Waals surface area contributed by atoms with Gasteiger partial charge in [-0.05, 0) is 25.7 Å². The molecule has 0 aromatic carbocycles. The summed E-state index contributed by atoms with van der Waals surface area (Å²) in [6.07, 6.45) is 12.4.